The van der Waals surface area contributed by atoms with E-state index < -0.39 is 0 Å². The molecular weight excluding hydrogens is 322 g/mol. The van der Waals surface area contributed by atoms with E-state index in [1.807, 2.05) is 0 Å². The van der Waals surface area contributed by atoms with Gasteiger partial charge in [-0.1, -0.05) is 25.0 Å². The van der Waals surface area contributed by atoms with Crippen molar-refractivity contribution in [1.29, 1.82) is 0 Å². The molecule has 0 spiro atoms. The van der Waals surface area contributed by atoms with Crippen molar-refractivity contribution in [2.75, 3.05) is 52.4 Å². The molecule has 0 aliphatic carbocycles. The Bertz CT molecular complexity index is 434. The van der Waals surface area contributed by atoms with Gasteiger partial charge in [0.15, 0.2) is 0 Å². The molecule has 2 heterocycles. The molecule has 0 aromatic heterocycles. The maximum absolute atomic E-state index is 5.90. The van der Waals surface area contributed by atoms with E-state index in [1.54, 1.807) is 0 Å². The average Bonchev–Trinajstić information content (AvgIpc) is 2.71. The van der Waals surface area contributed by atoms with Gasteiger partial charge in [-0.3, -0.25) is 0 Å². The van der Waals surface area contributed by atoms with Crippen molar-refractivity contribution < 1.29 is 4.74 Å². The predicted molar refractivity (Wildman–Crippen MR) is 109 cm³/mol. The summed E-state index contributed by atoms with van der Waals surface area (Å²) in [5.41, 5.74) is 1.34. The molecule has 2 aliphatic rings. The number of likely N-dealkylation sites (tertiary alicyclic amines) is 2. The number of benzene rings is 1. The van der Waals surface area contributed by atoms with Crippen LogP contribution in [-0.4, -0.2) is 62.2 Å². The van der Waals surface area contributed by atoms with E-state index in [4.69, 9.17) is 4.74 Å². The van der Waals surface area contributed by atoms with Gasteiger partial charge in [-0.2, -0.15) is 0 Å². The fourth-order valence-electron chi connectivity index (χ4n) is 4.02. The predicted octanol–water partition coefficient (Wildman–Crippen LogP) is 3.52. The first-order chi connectivity index (χ1) is 12.9. The lowest BCUT2D eigenvalue weighted by atomic mass is 10.1. The minimum absolute atomic E-state index is 0.823. The second kappa shape index (κ2) is 11.6. The summed E-state index contributed by atoms with van der Waals surface area (Å²) < 4.78 is 5.90. The first-order valence-electron chi connectivity index (χ1n) is 10.8. The number of nitrogens with one attached hydrogen (secondary N) is 1. The molecule has 0 unspecified atom stereocenters. The molecular formula is C22H37N3O. The molecule has 146 valence electrons. The van der Waals surface area contributed by atoms with Crippen LogP contribution < -0.4 is 10.1 Å². The van der Waals surface area contributed by atoms with Gasteiger partial charge in [0.1, 0.15) is 5.75 Å². The number of ether oxygens (including phenoxy) is 1. The standard InChI is InChI=1S/C22H37N3O/c1-3-13-24(14-4-1)17-7-19-26-22-10-8-21(9-11-22)20-23-12-18-25-15-5-2-6-16-25/h8-11,23H,1-7,12-20H2. The molecule has 0 saturated carbocycles. The van der Waals surface area contributed by atoms with Gasteiger partial charge in [0.25, 0.3) is 0 Å². The van der Waals surface area contributed by atoms with Gasteiger partial charge in [-0.05, 0) is 76.0 Å². The monoisotopic (exact) mass is 359 g/mol. The Kier molecular flexibility index (Phi) is 8.75. The highest BCUT2D eigenvalue weighted by Crippen LogP contribution is 2.13. The van der Waals surface area contributed by atoms with E-state index >= 15 is 0 Å². The second-order valence-electron chi connectivity index (χ2n) is 7.83. The molecule has 1 aromatic carbocycles. The van der Waals surface area contributed by atoms with Crippen molar-refractivity contribution >= 4 is 0 Å². The molecule has 2 saturated heterocycles. The van der Waals surface area contributed by atoms with Crippen LogP contribution in [0.1, 0.15) is 50.5 Å². The molecule has 1 N–H and O–H groups in total. The second-order valence-corrected chi connectivity index (χ2v) is 7.83. The third kappa shape index (κ3) is 7.26. The molecule has 26 heavy (non-hydrogen) atoms. The highest BCUT2D eigenvalue weighted by atomic mass is 16.5. The molecule has 4 heteroatoms. The van der Waals surface area contributed by atoms with Gasteiger partial charge in [0.2, 0.25) is 0 Å². The fourth-order valence-corrected chi connectivity index (χ4v) is 4.02. The summed E-state index contributed by atoms with van der Waals surface area (Å²) in [5.74, 6) is 1.00. The van der Waals surface area contributed by atoms with Crippen LogP contribution in [0.2, 0.25) is 0 Å². The Morgan fingerprint density at radius 3 is 2.04 bits per heavy atom. The normalized spacial score (nSPS) is 19.5. The molecule has 4 nitrogen and oxygen atoms in total. The summed E-state index contributed by atoms with van der Waals surface area (Å²) in [6.07, 6.45) is 9.44. The highest BCUT2D eigenvalue weighted by Gasteiger charge is 2.09. The molecule has 0 amide bonds. The molecule has 2 aliphatic heterocycles. The lowest BCUT2D eigenvalue weighted by Gasteiger charge is -2.26. The third-order valence-corrected chi connectivity index (χ3v) is 5.64. The Balaban J connectivity index is 1.24. The van der Waals surface area contributed by atoms with E-state index in [9.17, 15) is 0 Å². The van der Waals surface area contributed by atoms with E-state index in [2.05, 4.69) is 39.4 Å². The van der Waals surface area contributed by atoms with Crippen LogP contribution in [0.25, 0.3) is 0 Å². The van der Waals surface area contributed by atoms with Crippen LogP contribution in [0, 0.1) is 0 Å². The zero-order valence-electron chi connectivity index (χ0n) is 16.4. The number of nitrogens with zero attached hydrogens (tertiary/aromatic N) is 2. The van der Waals surface area contributed by atoms with Crippen molar-refractivity contribution in [3.05, 3.63) is 29.8 Å². The molecule has 0 bridgehead atoms. The van der Waals surface area contributed by atoms with E-state index in [-0.39, 0.29) is 0 Å². The lowest BCUT2D eigenvalue weighted by Crippen LogP contribution is -2.35. The maximum Gasteiger partial charge on any atom is 0.119 e. The zero-order chi connectivity index (χ0) is 17.9. The van der Waals surface area contributed by atoms with Gasteiger partial charge in [0, 0.05) is 26.2 Å². The Morgan fingerprint density at radius 1 is 0.769 bits per heavy atom. The Hall–Kier alpha value is -1.10. The van der Waals surface area contributed by atoms with Gasteiger partial charge < -0.3 is 19.9 Å². The van der Waals surface area contributed by atoms with Crippen LogP contribution in [0.15, 0.2) is 24.3 Å². The molecule has 2 fully saturated rings. The molecule has 0 atom stereocenters. The maximum atomic E-state index is 5.90. The van der Waals surface area contributed by atoms with E-state index in [1.165, 1.54) is 83.4 Å². The van der Waals surface area contributed by atoms with E-state index in [0.717, 1.165) is 31.9 Å². The molecule has 1 aromatic rings. The van der Waals surface area contributed by atoms with Crippen molar-refractivity contribution in [2.45, 2.75) is 51.5 Å². The summed E-state index contributed by atoms with van der Waals surface area (Å²) in [5, 5.41) is 3.57. The highest BCUT2D eigenvalue weighted by molar-refractivity contribution is 5.27. The first kappa shape index (κ1) is 19.7. The zero-order valence-corrected chi connectivity index (χ0v) is 16.4. The topological polar surface area (TPSA) is 27.7 Å². The van der Waals surface area contributed by atoms with Crippen molar-refractivity contribution in [2.24, 2.45) is 0 Å². The van der Waals surface area contributed by atoms with Crippen LogP contribution >= 0.6 is 0 Å². The largest absolute Gasteiger partial charge is 0.494 e. The summed E-state index contributed by atoms with van der Waals surface area (Å²) in [6.45, 7) is 10.3. The first-order valence-corrected chi connectivity index (χ1v) is 10.8. The summed E-state index contributed by atoms with van der Waals surface area (Å²) in [6, 6.07) is 8.60. The summed E-state index contributed by atoms with van der Waals surface area (Å²) >= 11 is 0. The fraction of sp³-hybridized carbons (Fsp3) is 0.727. The van der Waals surface area contributed by atoms with Crippen LogP contribution in [-0.2, 0) is 6.54 Å². The Morgan fingerprint density at radius 2 is 1.38 bits per heavy atom. The molecule has 0 radical (unpaired) electrons. The van der Waals surface area contributed by atoms with E-state index in [0.29, 0.717) is 0 Å². The number of rotatable bonds is 10. The minimum Gasteiger partial charge on any atom is -0.494 e. The number of piperidine rings is 2. The average molecular weight is 360 g/mol. The smallest absolute Gasteiger partial charge is 0.119 e. The van der Waals surface area contributed by atoms with Gasteiger partial charge in [-0.25, -0.2) is 0 Å². The number of hydrogen-bond acceptors (Lipinski definition) is 4. The van der Waals surface area contributed by atoms with Crippen LogP contribution in [0.3, 0.4) is 0 Å². The van der Waals surface area contributed by atoms with Gasteiger partial charge in [0.05, 0.1) is 6.61 Å². The molecule has 3 rings (SSSR count). The van der Waals surface area contributed by atoms with Crippen LogP contribution in [0.4, 0.5) is 0 Å². The van der Waals surface area contributed by atoms with Crippen LogP contribution in [0.5, 0.6) is 5.75 Å². The van der Waals surface area contributed by atoms with Crippen molar-refractivity contribution in [1.82, 2.24) is 15.1 Å². The minimum atomic E-state index is 0.823. The van der Waals surface area contributed by atoms with Crippen molar-refractivity contribution in [3.63, 3.8) is 0 Å². The Labute approximate surface area is 159 Å². The number of hydrogen-bond donors (Lipinski definition) is 1. The van der Waals surface area contributed by atoms with Crippen molar-refractivity contribution in [3.8, 4) is 5.75 Å². The SMILES string of the molecule is c1cc(OCCCN2CCCCC2)ccc1CNCCN1CCCCC1. The lowest BCUT2D eigenvalue weighted by molar-refractivity contribution is 0.205. The summed E-state index contributed by atoms with van der Waals surface area (Å²) in [7, 11) is 0. The van der Waals surface area contributed by atoms with Gasteiger partial charge in [-0.15, -0.1) is 0 Å². The third-order valence-electron chi connectivity index (χ3n) is 5.64. The van der Waals surface area contributed by atoms with Gasteiger partial charge >= 0.3 is 0 Å². The quantitative estimate of drug-likeness (QED) is 0.647. The summed E-state index contributed by atoms with van der Waals surface area (Å²) in [4.78, 5) is 5.16.